The third kappa shape index (κ3) is 5.17. The lowest BCUT2D eigenvalue weighted by molar-refractivity contribution is 0.0720. The molecule has 1 unspecified atom stereocenters. The molecule has 1 aliphatic rings. The van der Waals surface area contributed by atoms with E-state index in [2.05, 4.69) is 27.4 Å². The van der Waals surface area contributed by atoms with Gasteiger partial charge in [-0.1, -0.05) is 23.4 Å². The first-order chi connectivity index (χ1) is 11.3. The van der Waals surface area contributed by atoms with Crippen LogP contribution < -0.4 is 10.1 Å². The number of aromatic nitrogens is 2. The number of ether oxygens (including phenoxy) is 2. The van der Waals surface area contributed by atoms with Gasteiger partial charge in [-0.05, 0) is 19.2 Å². The number of benzene rings is 1. The van der Waals surface area contributed by atoms with E-state index in [0.29, 0.717) is 31.5 Å². The van der Waals surface area contributed by atoms with Crippen molar-refractivity contribution < 1.29 is 14.0 Å². The summed E-state index contributed by atoms with van der Waals surface area (Å²) in [5.41, 5.74) is 0. The van der Waals surface area contributed by atoms with Gasteiger partial charge in [-0.2, -0.15) is 4.98 Å². The maximum atomic E-state index is 5.55. The molecule has 1 fully saturated rings. The van der Waals surface area contributed by atoms with Gasteiger partial charge in [-0.25, -0.2) is 0 Å². The van der Waals surface area contributed by atoms with E-state index >= 15 is 0 Å². The van der Waals surface area contributed by atoms with Crippen molar-refractivity contribution >= 4 is 12.4 Å². The van der Waals surface area contributed by atoms with Crippen LogP contribution in [0.2, 0.25) is 0 Å². The molecule has 132 valence electrons. The van der Waals surface area contributed by atoms with E-state index in [0.717, 1.165) is 25.4 Å². The maximum absolute atomic E-state index is 5.55. The highest BCUT2D eigenvalue weighted by Crippen LogP contribution is 2.17. The Morgan fingerprint density at radius 3 is 2.92 bits per heavy atom. The number of nitrogens with one attached hydrogen (secondary N) is 1. The molecule has 0 saturated carbocycles. The van der Waals surface area contributed by atoms with Gasteiger partial charge < -0.3 is 19.3 Å². The minimum atomic E-state index is 0. The fourth-order valence-corrected chi connectivity index (χ4v) is 2.45. The van der Waals surface area contributed by atoms with Gasteiger partial charge in [0.05, 0.1) is 12.6 Å². The molecular weight excluding hydrogens is 332 g/mol. The van der Waals surface area contributed by atoms with Crippen molar-refractivity contribution in [3.8, 4) is 5.75 Å². The van der Waals surface area contributed by atoms with Crippen LogP contribution in [0.5, 0.6) is 5.75 Å². The standard InChI is InChI=1S/C16H22N4O3.ClH/c1-20-8-7-17-11-14(20)16-18-15(23-19-16)12-21-9-10-22-13-5-3-2-4-6-13;/h2-6,14,17H,7-12H2,1H3;1H. The number of rotatable bonds is 7. The minimum Gasteiger partial charge on any atom is -0.491 e. The van der Waals surface area contributed by atoms with Crippen LogP contribution in [-0.4, -0.2) is 54.9 Å². The van der Waals surface area contributed by atoms with Crippen molar-refractivity contribution in [3.63, 3.8) is 0 Å². The van der Waals surface area contributed by atoms with Gasteiger partial charge in [0.15, 0.2) is 5.82 Å². The van der Waals surface area contributed by atoms with Crippen LogP contribution in [0.4, 0.5) is 0 Å². The van der Waals surface area contributed by atoms with Crippen molar-refractivity contribution in [2.24, 2.45) is 0 Å². The molecule has 1 aromatic heterocycles. The molecule has 2 heterocycles. The van der Waals surface area contributed by atoms with Gasteiger partial charge in [0.2, 0.25) is 0 Å². The van der Waals surface area contributed by atoms with Crippen LogP contribution in [-0.2, 0) is 11.3 Å². The van der Waals surface area contributed by atoms with Gasteiger partial charge in [-0.15, -0.1) is 12.4 Å². The molecule has 1 N–H and O–H groups in total. The second-order valence-electron chi connectivity index (χ2n) is 5.46. The van der Waals surface area contributed by atoms with Crippen molar-refractivity contribution in [3.05, 3.63) is 42.0 Å². The van der Waals surface area contributed by atoms with Crippen LogP contribution in [0.1, 0.15) is 17.8 Å². The Balaban J connectivity index is 0.00000208. The van der Waals surface area contributed by atoms with E-state index in [1.807, 2.05) is 30.3 Å². The SMILES string of the molecule is CN1CCNCC1c1noc(COCCOc2ccccc2)n1.Cl. The number of likely N-dealkylation sites (N-methyl/N-ethyl adjacent to an activating group) is 1. The first-order valence-corrected chi connectivity index (χ1v) is 7.82. The topological polar surface area (TPSA) is 72.7 Å². The second-order valence-corrected chi connectivity index (χ2v) is 5.46. The molecule has 1 aromatic carbocycles. The summed E-state index contributed by atoms with van der Waals surface area (Å²) in [7, 11) is 2.07. The highest BCUT2D eigenvalue weighted by atomic mass is 35.5. The number of nitrogens with zero attached hydrogens (tertiary/aromatic N) is 3. The first-order valence-electron chi connectivity index (χ1n) is 7.82. The zero-order chi connectivity index (χ0) is 15.9. The van der Waals surface area contributed by atoms with Crippen LogP contribution >= 0.6 is 12.4 Å². The van der Waals surface area contributed by atoms with Crippen molar-refractivity contribution in [2.45, 2.75) is 12.6 Å². The molecule has 0 radical (unpaired) electrons. The predicted molar refractivity (Wildman–Crippen MR) is 91.4 cm³/mol. The Morgan fingerprint density at radius 1 is 1.29 bits per heavy atom. The van der Waals surface area contributed by atoms with Crippen molar-refractivity contribution in [1.82, 2.24) is 20.4 Å². The van der Waals surface area contributed by atoms with E-state index in [1.54, 1.807) is 0 Å². The van der Waals surface area contributed by atoms with Gasteiger partial charge in [0.25, 0.3) is 5.89 Å². The van der Waals surface area contributed by atoms with Crippen LogP contribution in [0.25, 0.3) is 0 Å². The highest BCUT2D eigenvalue weighted by molar-refractivity contribution is 5.85. The zero-order valence-corrected chi connectivity index (χ0v) is 14.5. The molecule has 24 heavy (non-hydrogen) atoms. The lowest BCUT2D eigenvalue weighted by Crippen LogP contribution is -2.44. The van der Waals surface area contributed by atoms with Gasteiger partial charge in [0, 0.05) is 19.6 Å². The van der Waals surface area contributed by atoms with Crippen LogP contribution in [0, 0.1) is 0 Å². The van der Waals surface area contributed by atoms with Gasteiger partial charge >= 0.3 is 0 Å². The summed E-state index contributed by atoms with van der Waals surface area (Å²) in [5, 5.41) is 7.40. The Labute approximate surface area is 147 Å². The average molecular weight is 355 g/mol. The zero-order valence-electron chi connectivity index (χ0n) is 13.7. The summed E-state index contributed by atoms with van der Waals surface area (Å²) in [5.74, 6) is 2.04. The Hall–Kier alpha value is -1.67. The summed E-state index contributed by atoms with van der Waals surface area (Å²) in [6.45, 7) is 4.05. The van der Waals surface area contributed by atoms with Gasteiger partial charge in [0.1, 0.15) is 19.0 Å². The fraction of sp³-hybridized carbons (Fsp3) is 0.500. The minimum absolute atomic E-state index is 0. The molecule has 8 heteroatoms. The third-order valence-corrected chi connectivity index (χ3v) is 3.76. The largest absolute Gasteiger partial charge is 0.491 e. The molecule has 1 aliphatic heterocycles. The van der Waals surface area contributed by atoms with E-state index in [-0.39, 0.29) is 18.4 Å². The number of hydrogen-bond acceptors (Lipinski definition) is 7. The Kier molecular flexibility index (Phi) is 7.45. The molecule has 0 bridgehead atoms. The van der Waals surface area contributed by atoms with Gasteiger partial charge in [-0.3, -0.25) is 4.90 Å². The summed E-state index contributed by atoms with van der Waals surface area (Å²) < 4.78 is 16.3. The highest BCUT2D eigenvalue weighted by Gasteiger charge is 2.25. The van der Waals surface area contributed by atoms with Crippen molar-refractivity contribution in [1.29, 1.82) is 0 Å². The normalized spacial score (nSPS) is 18.1. The average Bonchev–Trinajstić information content (AvgIpc) is 3.04. The van der Waals surface area contributed by atoms with E-state index in [1.165, 1.54) is 0 Å². The fourth-order valence-electron chi connectivity index (χ4n) is 2.45. The summed E-state index contributed by atoms with van der Waals surface area (Å²) in [6, 6.07) is 9.82. The van der Waals surface area contributed by atoms with E-state index in [4.69, 9.17) is 14.0 Å². The smallest absolute Gasteiger partial charge is 0.252 e. The molecule has 1 atom stereocenters. The number of para-hydroxylation sites is 1. The molecule has 3 rings (SSSR count). The van der Waals surface area contributed by atoms with Crippen LogP contribution in [0.15, 0.2) is 34.9 Å². The molecule has 7 nitrogen and oxygen atoms in total. The molecule has 0 amide bonds. The number of halogens is 1. The number of piperazine rings is 1. The van der Waals surface area contributed by atoms with Crippen LogP contribution in [0.3, 0.4) is 0 Å². The Morgan fingerprint density at radius 2 is 2.12 bits per heavy atom. The van der Waals surface area contributed by atoms with Crippen molar-refractivity contribution in [2.75, 3.05) is 39.9 Å². The predicted octanol–water partition coefficient (Wildman–Crippen LogP) is 1.66. The summed E-state index contributed by atoms with van der Waals surface area (Å²) in [4.78, 5) is 6.64. The van der Waals surface area contributed by atoms with E-state index < -0.39 is 0 Å². The van der Waals surface area contributed by atoms with E-state index in [9.17, 15) is 0 Å². The monoisotopic (exact) mass is 354 g/mol. The molecule has 0 aliphatic carbocycles. The maximum Gasteiger partial charge on any atom is 0.252 e. The summed E-state index contributed by atoms with van der Waals surface area (Å²) >= 11 is 0. The quantitative estimate of drug-likeness (QED) is 0.758. The first kappa shape index (κ1) is 18.7. The molecule has 1 saturated heterocycles. The Bertz CT molecular complexity index is 596. The molecular formula is C16H23ClN4O3. The lowest BCUT2D eigenvalue weighted by atomic mass is 10.2. The third-order valence-electron chi connectivity index (χ3n) is 3.76. The summed E-state index contributed by atoms with van der Waals surface area (Å²) in [6.07, 6.45) is 0. The lowest BCUT2D eigenvalue weighted by Gasteiger charge is -2.30. The second kappa shape index (κ2) is 9.58. The molecule has 2 aromatic rings. The number of hydrogen-bond donors (Lipinski definition) is 1. The molecule has 0 spiro atoms.